The average molecular weight is 481 g/mol. The van der Waals surface area contributed by atoms with Gasteiger partial charge in [0.25, 0.3) is 11.8 Å². The van der Waals surface area contributed by atoms with Crippen molar-refractivity contribution >= 4 is 34.1 Å². The third-order valence-electron chi connectivity index (χ3n) is 5.24. The van der Waals surface area contributed by atoms with Gasteiger partial charge in [-0.25, -0.2) is 4.79 Å². The van der Waals surface area contributed by atoms with Gasteiger partial charge >= 0.3 is 5.97 Å². The van der Waals surface area contributed by atoms with Crippen molar-refractivity contribution in [1.29, 1.82) is 0 Å². The molecule has 2 N–H and O–H groups in total. The van der Waals surface area contributed by atoms with Crippen molar-refractivity contribution in [2.24, 2.45) is 0 Å². The van der Waals surface area contributed by atoms with Gasteiger partial charge in [-0.15, -0.1) is 11.3 Å². The van der Waals surface area contributed by atoms with Crippen LogP contribution in [0.4, 0.5) is 5.00 Å². The highest BCUT2D eigenvalue weighted by Crippen LogP contribution is 2.36. The van der Waals surface area contributed by atoms with Crippen LogP contribution >= 0.6 is 11.3 Å². The Hall–Kier alpha value is -3.85. The fourth-order valence-corrected chi connectivity index (χ4v) is 4.63. The van der Waals surface area contributed by atoms with Crippen molar-refractivity contribution in [3.8, 4) is 11.5 Å². The van der Waals surface area contributed by atoms with Gasteiger partial charge in [0.2, 0.25) is 6.79 Å². The van der Waals surface area contributed by atoms with Gasteiger partial charge in [-0.05, 0) is 49.6 Å². The van der Waals surface area contributed by atoms with Crippen LogP contribution in [0, 0.1) is 6.92 Å². The Kier molecular flexibility index (Phi) is 7.12. The molecule has 2 amide bonds. The van der Waals surface area contributed by atoms with E-state index >= 15 is 0 Å². The number of carbonyl (C=O) groups is 3. The quantitative estimate of drug-likeness (QED) is 0.469. The maximum absolute atomic E-state index is 12.9. The lowest BCUT2D eigenvalue weighted by molar-refractivity contribution is 0.0527. The molecule has 0 spiro atoms. The third kappa shape index (κ3) is 5.04. The zero-order valence-corrected chi connectivity index (χ0v) is 19.6. The summed E-state index contributed by atoms with van der Waals surface area (Å²) in [5, 5.41) is 5.90. The zero-order chi connectivity index (χ0) is 24.1. The lowest BCUT2D eigenvalue weighted by Gasteiger charge is -2.07. The van der Waals surface area contributed by atoms with Gasteiger partial charge in [0.05, 0.1) is 17.0 Å². The van der Waals surface area contributed by atoms with E-state index < -0.39 is 11.9 Å². The number of carbonyl (C=O) groups excluding carboxylic acids is 3. The van der Waals surface area contributed by atoms with Gasteiger partial charge in [-0.2, -0.15) is 0 Å². The highest BCUT2D eigenvalue weighted by atomic mass is 32.1. The molecule has 0 radical (unpaired) electrons. The maximum Gasteiger partial charge on any atom is 0.341 e. The van der Waals surface area contributed by atoms with Crippen LogP contribution in [0.15, 0.2) is 48.5 Å². The molecule has 0 saturated heterocycles. The minimum atomic E-state index is -0.597. The van der Waals surface area contributed by atoms with Crippen LogP contribution in [-0.4, -0.2) is 37.7 Å². The van der Waals surface area contributed by atoms with Crippen LogP contribution < -0.4 is 20.1 Å². The van der Waals surface area contributed by atoms with E-state index in [2.05, 4.69) is 10.6 Å². The highest BCUT2D eigenvalue weighted by molar-refractivity contribution is 7.18. The number of anilines is 1. The van der Waals surface area contributed by atoms with Gasteiger partial charge in [-0.3, -0.25) is 9.59 Å². The number of benzene rings is 2. The second-order valence-electron chi connectivity index (χ2n) is 7.49. The zero-order valence-electron chi connectivity index (χ0n) is 18.8. The summed E-state index contributed by atoms with van der Waals surface area (Å²) in [4.78, 5) is 38.8. The second-order valence-corrected chi connectivity index (χ2v) is 8.52. The number of hydrogen-bond donors (Lipinski definition) is 2. The number of nitrogens with one attached hydrogen (secondary N) is 2. The largest absolute Gasteiger partial charge is 0.462 e. The number of thiophene rings is 1. The molecule has 0 aliphatic carbocycles. The van der Waals surface area contributed by atoms with Crippen molar-refractivity contribution in [3.63, 3.8) is 0 Å². The molecule has 34 heavy (non-hydrogen) atoms. The molecule has 0 bridgehead atoms. The van der Waals surface area contributed by atoms with E-state index in [9.17, 15) is 14.4 Å². The molecule has 2 aromatic carbocycles. The Morgan fingerprint density at radius 1 is 1.03 bits per heavy atom. The summed E-state index contributed by atoms with van der Waals surface area (Å²) in [5.41, 5.74) is 2.07. The Bertz CT molecular complexity index is 1220. The predicted molar refractivity (Wildman–Crippen MR) is 128 cm³/mol. The van der Waals surface area contributed by atoms with Crippen LogP contribution in [0.1, 0.15) is 48.4 Å². The van der Waals surface area contributed by atoms with Crippen LogP contribution in [0.25, 0.3) is 0 Å². The summed E-state index contributed by atoms with van der Waals surface area (Å²) in [5.74, 6) is -0.321. The smallest absolute Gasteiger partial charge is 0.341 e. The van der Waals surface area contributed by atoms with E-state index in [-0.39, 0.29) is 29.9 Å². The van der Waals surface area contributed by atoms with Crippen LogP contribution in [0.5, 0.6) is 11.5 Å². The summed E-state index contributed by atoms with van der Waals surface area (Å²) in [6, 6.07) is 14.6. The van der Waals surface area contributed by atoms with E-state index in [4.69, 9.17) is 14.2 Å². The molecule has 1 aliphatic rings. The molecule has 1 aliphatic heterocycles. The Morgan fingerprint density at radius 2 is 1.79 bits per heavy atom. The van der Waals surface area contributed by atoms with Crippen molar-refractivity contribution in [3.05, 3.63) is 75.7 Å². The second kappa shape index (κ2) is 10.4. The fourth-order valence-electron chi connectivity index (χ4n) is 3.53. The van der Waals surface area contributed by atoms with Crippen molar-refractivity contribution < 1.29 is 28.6 Å². The molecule has 0 saturated carbocycles. The molecule has 176 valence electrons. The highest BCUT2D eigenvalue weighted by Gasteiger charge is 2.27. The van der Waals surface area contributed by atoms with E-state index in [1.807, 2.05) is 30.3 Å². The summed E-state index contributed by atoms with van der Waals surface area (Å²) in [7, 11) is 0. The van der Waals surface area contributed by atoms with Gasteiger partial charge < -0.3 is 24.8 Å². The Labute approximate surface area is 200 Å². The van der Waals surface area contributed by atoms with Crippen molar-refractivity contribution in [2.45, 2.75) is 20.3 Å². The number of fused-ring (bicyclic) bond motifs is 1. The molecule has 1 aromatic heterocycles. The van der Waals surface area contributed by atoms with E-state index in [1.165, 1.54) is 0 Å². The van der Waals surface area contributed by atoms with E-state index in [0.717, 1.165) is 16.9 Å². The van der Waals surface area contributed by atoms with Crippen LogP contribution in [-0.2, 0) is 11.2 Å². The van der Waals surface area contributed by atoms with Gasteiger partial charge in [0, 0.05) is 12.1 Å². The molecule has 9 heteroatoms. The summed E-state index contributed by atoms with van der Waals surface area (Å²) < 4.78 is 15.8. The number of esters is 1. The molecule has 4 rings (SSSR count). The number of hydrogen-bond acceptors (Lipinski definition) is 7. The summed E-state index contributed by atoms with van der Waals surface area (Å²) >= 11 is 1.04. The molecular weight excluding hydrogens is 456 g/mol. The van der Waals surface area contributed by atoms with Crippen LogP contribution in [0.3, 0.4) is 0 Å². The average Bonchev–Trinajstić information content (AvgIpc) is 3.43. The third-order valence-corrected chi connectivity index (χ3v) is 6.44. The normalized spacial score (nSPS) is 11.7. The number of amides is 2. The van der Waals surface area contributed by atoms with Gasteiger partial charge in [-0.1, -0.05) is 30.3 Å². The van der Waals surface area contributed by atoms with Gasteiger partial charge in [0.1, 0.15) is 5.00 Å². The monoisotopic (exact) mass is 480 g/mol. The van der Waals surface area contributed by atoms with Crippen molar-refractivity contribution in [1.82, 2.24) is 5.32 Å². The first-order valence-corrected chi connectivity index (χ1v) is 11.6. The number of ether oxygens (including phenoxy) is 3. The standard InChI is InChI=1S/C25H24N2O6S/c1-3-31-25(30)20-15(2)21(23(29)26-12-11-16-7-5-4-6-8-16)34-24(20)27-22(28)17-9-10-18-19(13-17)33-14-32-18/h4-10,13H,3,11-12,14H2,1-2H3,(H,26,29)(H,27,28). The van der Waals surface area contributed by atoms with Crippen molar-refractivity contribution in [2.75, 3.05) is 25.3 Å². The topological polar surface area (TPSA) is 103 Å². The summed E-state index contributed by atoms with van der Waals surface area (Å²) in [6.45, 7) is 4.07. The molecule has 8 nitrogen and oxygen atoms in total. The van der Waals surface area contributed by atoms with E-state index in [0.29, 0.717) is 40.5 Å². The first-order chi connectivity index (χ1) is 16.5. The fraction of sp³-hybridized carbons (Fsp3) is 0.240. The lowest BCUT2D eigenvalue weighted by Crippen LogP contribution is -2.25. The lowest BCUT2D eigenvalue weighted by atomic mass is 10.1. The first kappa shape index (κ1) is 23.3. The minimum Gasteiger partial charge on any atom is -0.462 e. The molecule has 0 atom stereocenters. The van der Waals surface area contributed by atoms with E-state index in [1.54, 1.807) is 32.0 Å². The minimum absolute atomic E-state index is 0.0975. The molecule has 0 unspecified atom stereocenters. The summed E-state index contributed by atoms with van der Waals surface area (Å²) in [6.07, 6.45) is 0.676. The Balaban J connectivity index is 1.53. The van der Waals surface area contributed by atoms with Gasteiger partial charge in [0.15, 0.2) is 11.5 Å². The molecule has 0 fully saturated rings. The molecular formula is C25H24N2O6S. The SMILES string of the molecule is CCOC(=O)c1c(NC(=O)c2ccc3c(c2)OCO3)sc(C(=O)NCCc2ccccc2)c1C. The predicted octanol–water partition coefficient (Wildman–Crippen LogP) is 4.19. The first-order valence-electron chi connectivity index (χ1n) is 10.8. The van der Waals surface area contributed by atoms with Crippen LogP contribution in [0.2, 0.25) is 0 Å². The maximum atomic E-state index is 12.9. The molecule has 2 heterocycles. The Morgan fingerprint density at radius 3 is 2.56 bits per heavy atom. The number of rotatable bonds is 8. The molecule has 3 aromatic rings.